The first-order valence-corrected chi connectivity index (χ1v) is 5.97. The van der Waals surface area contributed by atoms with Gasteiger partial charge in [0.2, 0.25) is 5.91 Å². The Morgan fingerprint density at radius 2 is 1.93 bits per heavy atom. The molecular weight excluding hydrogens is 190 g/mol. The van der Waals surface area contributed by atoms with Crippen LogP contribution in [0.15, 0.2) is 0 Å². The number of hydrogen-bond donors (Lipinski definition) is 3. The molecule has 2 aliphatic rings. The third-order valence-electron chi connectivity index (χ3n) is 3.28. The van der Waals surface area contributed by atoms with E-state index in [0.717, 1.165) is 32.1 Å². The Labute approximate surface area is 91.0 Å². The van der Waals surface area contributed by atoms with Crippen LogP contribution in [0.2, 0.25) is 0 Å². The predicted molar refractivity (Wildman–Crippen MR) is 59.4 cm³/mol. The second-order valence-electron chi connectivity index (χ2n) is 4.94. The molecule has 0 bridgehead atoms. The Hall–Kier alpha value is -0.610. The first-order chi connectivity index (χ1) is 7.15. The molecule has 86 valence electrons. The Balaban J connectivity index is 1.70. The van der Waals surface area contributed by atoms with Gasteiger partial charge in [0.1, 0.15) is 0 Å². The van der Waals surface area contributed by atoms with Crippen molar-refractivity contribution in [3.63, 3.8) is 0 Å². The second kappa shape index (κ2) is 4.49. The fourth-order valence-corrected chi connectivity index (χ4v) is 2.15. The summed E-state index contributed by atoms with van der Waals surface area (Å²) in [6.45, 7) is 1.93. The van der Waals surface area contributed by atoms with Gasteiger partial charge in [-0.2, -0.15) is 0 Å². The van der Waals surface area contributed by atoms with E-state index in [2.05, 4.69) is 10.6 Å². The quantitative estimate of drug-likeness (QED) is 0.619. The summed E-state index contributed by atoms with van der Waals surface area (Å²) in [6, 6.07) is 1.12. The van der Waals surface area contributed by atoms with E-state index in [1.54, 1.807) is 0 Å². The van der Waals surface area contributed by atoms with E-state index >= 15 is 0 Å². The average Bonchev–Trinajstić information content (AvgIpc) is 2.90. The molecular formula is C11H21N3O. The molecule has 0 aromatic heterocycles. The monoisotopic (exact) mass is 211 g/mol. The van der Waals surface area contributed by atoms with Crippen molar-refractivity contribution < 1.29 is 4.79 Å². The summed E-state index contributed by atoms with van der Waals surface area (Å²) in [5, 5.41) is 6.36. The van der Waals surface area contributed by atoms with Crippen LogP contribution in [0.3, 0.4) is 0 Å². The van der Waals surface area contributed by atoms with Crippen molar-refractivity contribution in [1.29, 1.82) is 0 Å². The molecule has 0 aromatic carbocycles. The lowest BCUT2D eigenvalue weighted by molar-refractivity contribution is -0.123. The van der Waals surface area contributed by atoms with Crippen LogP contribution < -0.4 is 16.4 Å². The number of rotatable bonds is 4. The lowest BCUT2D eigenvalue weighted by Crippen LogP contribution is -2.46. The molecule has 0 heterocycles. The molecule has 0 radical (unpaired) electrons. The van der Waals surface area contributed by atoms with E-state index in [1.807, 2.05) is 6.92 Å². The van der Waals surface area contributed by atoms with Gasteiger partial charge >= 0.3 is 0 Å². The zero-order valence-corrected chi connectivity index (χ0v) is 9.33. The van der Waals surface area contributed by atoms with Gasteiger partial charge in [0.15, 0.2) is 0 Å². The molecule has 1 amide bonds. The number of carbonyl (C=O) groups excluding carboxylic acids is 1. The third kappa shape index (κ3) is 3.18. The molecule has 0 saturated heterocycles. The molecule has 4 heteroatoms. The Kier molecular flexibility index (Phi) is 3.26. The lowest BCUT2D eigenvalue weighted by Gasteiger charge is -2.18. The van der Waals surface area contributed by atoms with E-state index < -0.39 is 0 Å². The van der Waals surface area contributed by atoms with Crippen LogP contribution in [0.1, 0.15) is 39.0 Å². The fourth-order valence-electron chi connectivity index (χ4n) is 2.15. The first-order valence-electron chi connectivity index (χ1n) is 5.97. The molecule has 0 spiro atoms. The summed E-state index contributed by atoms with van der Waals surface area (Å²) in [6.07, 6.45) is 5.47. The lowest BCUT2D eigenvalue weighted by atomic mass is 10.2. The van der Waals surface area contributed by atoms with Crippen LogP contribution in [-0.2, 0) is 4.79 Å². The van der Waals surface area contributed by atoms with Crippen LogP contribution in [0.4, 0.5) is 0 Å². The molecule has 3 atom stereocenters. The molecule has 2 rings (SSSR count). The largest absolute Gasteiger partial charge is 0.352 e. The van der Waals surface area contributed by atoms with Gasteiger partial charge in [-0.3, -0.25) is 4.79 Å². The molecule has 4 N–H and O–H groups in total. The highest BCUT2D eigenvalue weighted by Gasteiger charge is 2.28. The molecule has 2 fully saturated rings. The van der Waals surface area contributed by atoms with Gasteiger partial charge in [0.25, 0.3) is 0 Å². The Morgan fingerprint density at radius 1 is 1.27 bits per heavy atom. The van der Waals surface area contributed by atoms with Gasteiger partial charge in [-0.1, -0.05) is 0 Å². The van der Waals surface area contributed by atoms with Crippen LogP contribution in [0, 0.1) is 0 Å². The van der Waals surface area contributed by atoms with Crippen LogP contribution >= 0.6 is 0 Å². The van der Waals surface area contributed by atoms with E-state index in [1.165, 1.54) is 0 Å². The highest BCUT2D eigenvalue weighted by molar-refractivity contribution is 5.81. The van der Waals surface area contributed by atoms with E-state index in [0.29, 0.717) is 18.1 Å². The van der Waals surface area contributed by atoms with Crippen molar-refractivity contribution in [2.24, 2.45) is 5.73 Å². The Morgan fingerprint density at radius 3 is 2.47 bits per heavy atom. The molecule has 0 aromatic rings. The molecule has 15 heavy (non-hydrogen) atoms. The third-order valence-corrected chi connectivity index (χ3v) is 3.28. The smallest absolute Gasteiger partial charge is 0.237 e. The number of hydrogen-bond acceptors (Lipinski definition) is 3. The fraction of sp³-hybridized carbons (Fsp3) is 0.909. The highest BCUT2D eigenvalue weighted by atomic mass is 16.2. The summed E-state index contributed by atoms with van der Waals surface area (Å²) >= 11 is 0. The van der Waals surface area contributed by atoms with E-state index in [9.17, 15) is 4.79 Å². The van der Waals surface area contributed by atoms with Gasteiger partial charge < -0.3 is 16.4 Å². The zero-order chi connectivity index (χ0) is 10.8. The minimum atomic E-state index is -0.0825. The topological polar surface area (TPSA) is 67.1 Å². The van der Waals surface area contributed by atoms with Crippen LogP contribution in [-0.4, -0.2) is 30.1 Å². The first kappa shape index (κ1) is 10.9. The summed E-state index contributed by atoms with van der Waals surface area (Å²) < 4.78 is 0. The minimum Gasteiger partial charge on any atom is -0.352 e. The second-order valence-corrected chi connectivity index (χ2v) is 4.94. The summed E-state index contributed by atoms with van der Waals surface area (Å²) in [5.41, 5.74) is 5.83. The number of nitrogens with two attached hydrogens (primary N) is 1. The van der Waals surface area contributed by atoms with E-state index in [4.69, 9.17) is 5.73 Å². The number of carbonyl (C=O) groups is 1. The maximum Gasteiger partial charge on any atom is 0.237 e. The van der Waals surface area contributed by atoms with Gasteiger partial charge in [0, 0.05) is 18.1 Å². The van der Waals surface area contributed by atoms with Crippen molar-refractivity contribution in [1.82, 2.24) is 10.6 Å². The van der Waals surface area contributed by atoms with Crippen molar-refractivity contribution in [3.05, 3.63) is 0 Å². The van der Waals surface area contributed by atoms with Crippen LogP contribution in [0.5, 0.6) is 0 Å². The van der Waals surface area contributed by atoms with Gasteiger partial charge in [-0.15, -0.1) is 0 Å². The molecule has 4 nitrogen and oxygen atoms in total. The number of nitrogens with one attached hydrogen (secondary N) is 2. The standard InChI is InChI=1S/C11H21N3O/c1-7(11(15)14-9-4-5-9)13-10-3-2-8(12)6-10/h7-10,13H,2-6,12H2,1H3,(H,14,15). The van der Waals surface area contributed by atoms with Gasteiger partial charge in [-0.05, 0) is 39.0 Å². The summed E-state index contributed by atoms with van der Waals surface area (Å²) in [5.74, 6) is 0.137. The minimum absolute atomic E-state index is 0.0825. The summed E-state index contributed by atoms with van der Waals surface area (Å²) in [7, 11) is 0. The maximum atomic E-state index is 11.7. The molecule has 0 aliphatic heterocycles. The van der Waals surface area contributed by atoms with Crippen molar-refractivity contribution in [2.45, 2.75) is 63.2 Å². The zero-order valence-electron chi connectivity index (χ0n) is 9.33. The molecule has 2 aliphatic carbocycles. The average molecular weight is 211 g/mol. The van der Waals surface area contributed by atoms with Gasteiger partial charge in [0.05, 0.1) is 6.04 Å². The SMILES string of the molecule is CC(NC1CCC(N)C1)C(=O)NC1CC1. The van der Waals surface area contributed by atoms with Gasteiger partial charge in [-0.25, -0.2) is 0 Å². The van der Waals surface area contributed by atoms with E-state index in [-0.39, 0.29) is 11.9 Å². The summed E-state index contributed by atoms with van der Waals surface area (Å²) in [4.78, 5) is 11.7. The predicted octanol–water partition coefficient (Wildman–Crippen LogP) is 0.123. The van der Waals surface area contributed by atoms with Crippen LogP contribution in [0.25, 0.3) is 0 Å². The highest BCUT2D eigenvalue weighted by Crippen LogP contribution is 2.19. The van der Waals surface area contributed by atoms with Crippen molar-refractivity contribution in [3.8, 4) is 0 Å². The molecule has 3 unspecified atom stereocenters. The maximum absolute atomic E-state index is 11.7. The molecule has 2 saturated carbocycles. The Bertz CT molecular complexity index is 240. The number of amides is 1. The normalized spacial score (nSPS) is 32.7. The van der Waals surface area contributed by atoms with Crippen molar-refractivity contribution >= 4 is 5.91 Å². The van der Waals surface area contributed by atoms with Crippen molar-refractivity contribution in [2.75, 3.05) is 0 Å².